The van der Waals surface area contributed by atoms with Crippen molar-refractivity contribution in [1.29, 1.82) is 0 Å². The number of nitrogens with one attached hydrogen (secondary N) is 1. The first kappa shape index (κ1) is 22.7. The van der Waals surface area contributed by atoms with Crippen LogP contribution in [0.1, 0.15) is 29.7 Å². The number of benzene rings is 2. The van der Waals surface area contributed by atoms with E-state index in [2.05, 4.69) is 5.32 Å². The van der Waals surface area contributed by atoms with Gasteiger partial charge in [-0.1, -0.05) is 24.3 Å². The van der Waals surface area contributed by atoms with Gasteiger partial charge in [0.1, 0.15) is 5.58 Å². The minimum absolute atomic E-state index is 0.0682. The average molecular weight is 452 g/mol. The number of aliphatic hydroxyl groups excluding tert-OH is 1. The predicted octanol–water partition coefficient (Wildman–Crippen LogP) is 3.66. The first-order valence-electron chi connectivity index (χ1n) is 11.0. The first-order valence-corrected chi connectivity index (χ1v) is 11.0. The molecule has 1 aromatic heterocycles. The predicted molar refractivity (Wildman–Crippen MR) is 128 cm³/mol. The molecule has 8 nitrogen and oxygen atoms in total. The summed E-state index contributed by atoms with van der Waals surface area (Å²) in [6, 6.07) is 12.8. The van der Waals surface area contributed by atoms with Crippen LogP contribution in [0.3, 0.4) is 0 Å². The van der Waals surface area contributed by atoms with Gasteiger partial charge < -0.3 is 29.4 Å². The number of rotatable bonds is 5. The Bertz CT molecular complexity index is 1210. The van der Waals surface area contributed by atoms with Gasteiger partial charge in [-0.05, 0) is 31.5 Å². The topological polar surface area (TPSA) is 95.2 Å². The SMILES string of the molecule is COC(=O)N1CCN(c2cc(=O)c3cc(C)cc(C(C)Nc4ccccc4CO)c3o2)CC1. The number of fused-ring (bicyclic) bond motifs is 1. The normalized spacial score (nSPS) is 14.9. The van der Waals surface area contributed by atoms with E-state index < -0.39 is 0 Å². The zero-order chi connectivity index (χ0) is 23.5. The molecule has 174 valence electrons. The van der Waals surface area contributed by atoms with Crippen LogP contribution in [0.15, 0.2) is 51.7 Å². The van der Waals surface area contributed by atoms with E-state index in [1.165, 1.54) is 13.2 Å². The van der Waals surface area contributed by atoms with E-state index in [4.69, 9.17) is 9.15 Å². The Morgan fingerprint density at radius 2 is 1.91 bits per heavy atom. The summed E-state index contributed by atoms with van der Waals surface area (Å²) < 4.78 is 11.1. The Hall–Kier alpha value is -3.52. The van der Waals surface area contributed by atoms with Gasteiger partial charge in [0, 0.05) is 49.1 Å². The van der Waals surface area contributed by atoms with Crippen molar-refractivity contribution in [3.8, 4) is 0 Å². The van der Waals surface area contributed by atoms with E-state index >= 15 is 0 Å². The van der Waals surface area contributed by atoms with Crippen LogP contribution in [0, 0.1) is 6.92 Å². The van der Waals surface area contributed by atoms with Crippen molar-refractivity contribution in [1.82, 2.24) is 4.90 Å². The van der Waals surface area contributed by atoms with Crippen LogP contribution in [-0.4, -0.2) is 49.4 Å². The Kier molecular flexibility index (Phi) is 6.55. The van der Waals surface area contributed by atoms with E-state index in [1.54, 1.807) is 4.90 Å². The zero-order valence-electron chi connectivity index (χ0n) is 19.1. The number of amides is 1. The van der Waals surface area contributed by atoms with Crippen LogP contribution < -0.4 is 15.6 Å². The number of hydrogen-bond acceptors (Lipinski definition) is 7. The summed E-state index contributed by atoms with van der Waals surface area (Å²) in [5.41, 5.74) is 3.90. The lowest BCUT2D eigenvalue weighted by Gasteiger charge is -2.34. The molecule has 4 rings (SSSR count). The Labute approximate surface area is 192 Å². The largest absolute Gasteiger partial charge is 0.453 e. The maximum Gasteiger partial charge on any atom is 0.409 e. The number of ether oxygens (including phenoxy) is 1. The van der Waals surface area contributed by atoms with Gasteiger partial charge in [0.15, 0.2) is 11.3 Å². The summed E-state index contributed by atoms with van der Waals surface area (Å²) in [6.07, 6.45) is -0.351. The zero-order valence-corrected chi connectivity index (χ0v) is 19.1. The number of methoxy groups -OCH3 is 1. The van der Waals surface area contributed by atoms with Gasteiger partial charge in [0.2, 0.25) is 0 Å². The second-order valence-electron chi connectivity index (χ2n) is 8.31. The number of aliphatic hydroxyl groups is 1. The Balaban J connectivity index is 1.68. The molecule has 0 radical (unpaired) electrons. The van der Waals surface area contributed by atoms with Gasteiger partial charge in [-0.2, -0.15) is 0 Å². The van der Waals surface area contributed by atoms with Gasteiger partial charge in [-0.25, -0.2) is 4.79 Å². The van der Waals surface area contributed by atoms with Crippen molar-refractivity contribution in [2.75, 3.05) is 43.5 Å². The fraction of sp³-hybridized carbons (Fsp3) is 0.360. The minimum Gasteiger partial charge on any atom is -0.453 e. The third kappa shape index (κ3) is 4.66. The van der Waals surface area contributed by atoms with Crippen LogP contribution in [0.5, 0.6) is 0 Å². The number of piperazine rings is 1. The van der Waals surface area contributed by atoms with Crippen LogP contribution in [-0.2, 0) is 11.3 Å². The monoisotopic (exact) mass is 451 g/mol. The number of carbonyl (C=O) groups excluding carboxylic acids is 1. The molecule has 1 saturated heterocycles. The number of hydrogen-bond donors (Lipinski definition) is 2. The highest BCUT2D eigenvalue weighted by Gasteiger charge is 2.24. The second kappa shape index (κ2) is 9.54. The molecule has 1 unspecified atom stereocenters. The molecule has 1 atom stereocenters. The van der Waals surface area contributed by atoms with Crippen molar-refractivity contribution in [3.63, 3.8) is 0 Å². The summed E-state index contributed by atoms with van der Waals surface area (Å²) in [5, 5.41) is 13.6. The highest BCUT2D eigenvalue weighted by Crippen LogP contribution is 2.31. The highest BCUT2D eigenvalue weighted by molar-refractivity contribution is 5.82. The summed E-state index contributed by atoms with van der Waals surface area (Å²) in [6.45, 7) is 5.96. The quantitative estimate of drug-likeness (QED) is 0.611. The van der Waals surface area contributed by atoms with Crippen molar-refractivity contribution < 1.29 is 19.1 Å². The number of anilines is 2. The molecule has 2 N–H and O–H groups in total. The molecule has 0 bridgehead atoms. The lowest BCUT2D eigenvalue weighted by molar-refractivity contribution is 0.120. The molecule has 2 heterocycles. The van der Waals surface area contributed by atoms with Gasteiger partial charge in [-0.3, -0.25) is 4.79 Å². The highest BCUT2D eigenvalue weighted by atomic mass is 16.5. The van der Waals surface area contributed by atoms with Gasteiger partial charge in [-0.15, -0.1) is 0 Å². The first-order chi connectivity index (χ1) is 15.9. The Morgan fingerprint density at radius 3 is 2.61 bits per heavy atom. The summed E-state index contributed by atoms with van der Waals surface area (Å²) in [7, 11) is 1.37. The molecule has 1 fully saturated rings. The number of para-hydroxylation sites is 1. The number of nitrogens with zero attached hydrogens (tertiary/aromatic N) is 2. The van der Waals surface area contributed by atoms with E-state index in [0.29, 0.717) is 43.0 Å². The minimum atomic E-state index is -0.351. The average Bonchev–Trinajstić information content (AvgIpc) is 2.83. The molecule has 33 heavy (non-hydrogen) atoms. The molecule has 2 aromatic carbocycles. The van der Waals surface area contributed by atoms with E-state index in [0.717, 1.165) is 22.4 Å². The van der Waals surface area contributed by atoms with Crippen LogP contribution >= 0.6 is 0 Å². The van der Waals surface area contributed by atoms with Gasteiger partial charge >= 0.3 is 6.09 Å². The lowest BCUT2D eigenvalue weighted by atomic mass is 10.0. The van der Waals surface area contributed by atoms with Gasteiger partial charge in [0.25, 0.3) is 0 Å². The van der Waals surface area contributed by atoms with Crippen LogP contribution in [0.2, 0.25) is 0 Å². The van der Waals surface area contributed by atoms with Crippen LogP contribution in [0.25, 0.3) is 11.0 Å². The van der Waals surface area contributed by atoms with E-state index in [-0.39, 0.29) is 24.2 Å². The lowest BCUT2D eigenvalue weighted by Crippen LogP contribution is -2.48. The molecule has 0 saturated carbocycles. The maximum absolute atomic E-state index is 13.0. The summed E-state index contributed by atoms with van der Waals surface area (Å²) in [4.78, 5) is 28.4. The van der Waals surface area contributed by atoms with Crippen molar-refractivity contribution in [3.05, 3.63) is 69.4 Å². The summed E-state index contributed by atoms with van der Waals surface area (Å²) in [5.74, 6) is 0.491. The number of aryl methyl sites for hydroxylation is 1. The fourth-order valence-electron chi connectivity index (χ4n) is 4.25. The molecular formula is C25H29N3O5. The van der Waals surface area contributed by atoms with Crippen molar-refractivity contribution in [2.24, 2.45) is 0 Å². The van der Waals surface area contributed by atoms with E-state index in [9.17, 15) is 14.7 Å². The molecule has 1 aliphatic heterocycles. The molecule has 8 heteroatoms. The molecule has 1 aliphatic rings. The molecule has 1 amide bonds. The molecule has 0 spiro atoms. The third-order valence-electron chi connectivity index (χ3n) is 6.04. The van der Waals surface area contributed by atoms with E-state index in [1.807, 2.05) is 55.1 Å². The maximum atomic E-state index is 13.0. The van der Waals surface area contributed by atoms with Crippen LogP contribution in [0.4, 0.5) is 16.4 Å². The molecular weight excluding hydrogens is 422 g/mol. The molecule has 3 aromatic rings. The third-order valence-corrected chi connectivity index (χ3v) is 6.04. The van der Waals surface area contributed by atoms with Gasteiger partial charge in [0.05, 0.1) is 25.1 Å². The summed E-state index contributed by atoms with van der Waals surface area (Å²) >= 11 is 0. The fourth-order valence-corrected chi connectivity index (χ4v) is 4.25. The van der Waals surface area contributed by atoms with Crippen molar-refractivity contribution in [2.45, 2.75) is 26.5 Å². The Morgan fingerprint density at radius 1 is 1.18 bits per heavy atom. The standard InChI is InChI=1S/C25H29N3O5/c1-16-12-19(17(2)26-21-7-5-4-6-18(21)15-29)24-20(13-16)22(30)14-23(33-24)27-8-10-28(11-9-27)25(31)32-3/h4-7,12-14,17,26,29H,8-11,15H2,1-3H3. The molecule has 0 aliphatic carbocycles. The van der Waals surface area contributed by atoms with Crippen molar-refractivity contribution >= 4 is 28.6 Å². The smallest absolute Gasteiger partial charge is 0.409 e. The second-order valence-corrected chi connectivity index (χ2v) is 8.31. The number of carbonyl (C=O) groups is 1.